The zero-order valence-corrected chi connectivity index (χ0v) is 23.2. The first-order valence-electron chi connectivity index (χ1n) is 12.1. The van der Waals surface area contributed by atoms with E-state index in [0.29, 0.717) is 0 Å². The lowest BCUT2D eigenvalue weighted by Crippen LogP contribution is -2.29. The summed E-state index contributed by atoms with van der Waals surface area (Å²) in [6.07, 6.45) is 0. The Morgan fingerprint density at radius 2 is 1.41 bits per heavy atom. The SMILES string of the molecule is CC(C)(C)c1cc(C(C)(C)C)cc(S(=O)(=O)Nc2cc3ccccc3cc2C(=O)NCCN=C(N)N)c1. The minimum absolute atomic E-state index is 0.0690. The number of hydrogen-bond acceptors (Lipinski definition) is 4. The van der Waals surface area contributed by atoms with Gasteiger partial charge in [0, 0.05) is 6.54 Å². The number of guanidine groups is 1. The quantitative estimate of drug-likeness (QED) is 0.208. The molecule has 9 heteroatoms. The molecule has 0 aliphatic rings. The second-order valence-electron chi connectivity index (χ2n) is 11.2. The lowest BCUT2D eigenvalue weighted by Gasteiger charge is -2.26. The van der Waals surface area contributed by atoms with Gasteiger partial charge in [-0.2, -0.15) is 0 Å². The van der Waals surface area contributed by atoms with Crippen LogP contribution in [0.15, 0.2) is 64.5 Å². The Morgan fingerprint density at radius 3 is 1.92 bits per heavy atom. The largest absolute Gasteiger partial charge is 0.370 e. The predicted octanol–water partition coefficient (Wildman–Crippen LogP) is 4.24. The van der Waals surface area contributed by atoms with Crippen LogP contribution in [0.25, 0.3) is 10.8 Å². The third-order valence-electron chi connectivity index (χ3n) is 6.02. The van der Waals surface area contributed by atoms with E-state index in [4.69, 9.17) is 11.5 Å². The van der Waals surface area contributed by atoms with Crippen LogP contribution in [0.4, 0.5) is 5.69 Å². The highest BCUT2D eigenvalue weighted by molar-refractivity contribution is 7.92. The topological polar surface area (TPSA) is 140 Å². The Balaban J connectivity index is 2.08. The molecule has 0 saturated carbocycles. The number of nitrogens with two attached hydrogens (primary N) is 2. The number of amides is 1. The number of sulfonamides is 1. The normalized spacial score (nSPS) is 12.3. The summed E-state index contributed by atoms with van der Waals surface area (Å²) >= 11 is 0. The molecule has 3 rings (SSSR count). The molecule has 8 nitrogen and oxygen atoms in total. The minimum Gasteiger partial charge on any atom is -0.370 e. The molecule has 0 fully saturated rings. The van der Waals surface area contributed by atoms with Crippen molar-refractivity contribution in [1.29, 1.82) is 0 Å². The number of aliphatic imine (C=N–C) groups is 1. The van der Waals surface area contributed by atoms with Crippen molar-refractivity contribution in [1.82, 2.24) is 5.32 Å². The molecule has 0 unspecified atom stereocenters. The zero-order valence-electron chi connectivity index (χ0n) is 22.3. The highest BCUT2D eigenvalue weighted by Crippen LogP contribution is 2.33. The number of carbonyl (C=O) groups is 1. The maximum Gasteiger partial charge on any atom is 0.261 e. The molecule has 1 amide bonds. The summed E-state index contributed by atoms with van der Waals surface area (Å²) in [5.41, 5.74) is 12.4. The van der Waals surface area contributed by atoms with Gasteiger partial charge in [0.05, 0.1) is 22.7 Å². The average molecular weight is 524 g/mol. The molecule has 0 radical (unpaired) electrons. The Bertz CT molecular complexity index is 1410. The second kappa shape index (κ2) is 10.4. The van der Waals surface area contributed by atoms with Gasteiger partial charge in [-0.1, -0.05) is 71.9 Å². The van der Waals surface area contributed by atoms with E-state index in [9.17, 15) is 13.2 Å². The molecule has 0 spiro atoms. The van der Waals surface area contributed by atoms with Crippen molar-refractivity contribution in [2.24, 2.45) is 16.5 Å². The first kappa shape index (κ1) is 28.0. The Morgan fingerprint density at radius 1 is 0.865 bits per heavy atom. The number of fused-ring (bicyclic) bond motifs is 1. The zero-order chi connectivity index (χ0) is 27.6. The first-order valence-corrected chi connectivity index (χ1v) is 13.6. The average Bonchev–Trinajstić information content (AvgIpc) is 2.79. The predicted molar refractivity (Wildman–Crippen MR) is 152 cm³/mol. The van der Waals surface area contributed by atoms with Crippen LogP contribution >= 0.6 is 0 Å². The fraction of sp³-hybridized carbons (Fsp3) is 0.357. The Labute approximate surface area is 219 Å². The molecule has 0 aliphatic heterocycles. The molecular formula is C28H37N5O3S. The molecule has 0 aromatic heterocycles. The highest BCUT2D eigenvalue weighted by atomic mass is 32.2. The minimum atomic E-state index is -4.02. The number of anilines is 1. The number of rotatable bonds is 7. The summed E-state index contributed by atoms with van der Waals surface area (Å²) in [6.45, 7) is 12.7. The molecule has 3 aromatic carbocycles. The number of nitrogens with one attached hydrogen (secondary N) is 2. The smallest absolute Gasteiger partial charge is 0.261 e. The summed E-state index contributed by atoms with van der Waals surface area (Å²) in [5.74, 6) is -0.506. The van der Waals surface area contributed by atoms with Crippen LogP contribution in [-0.4, -0.2) is 33.4 Å². The molecule has 0 saturated heterocycles. The molecule has 0 atom stereocenters. The monoisotopic (exact) mass is 523 g/mol. The van der Waals surface area contributed by atoms with E-state index in [0.717, 1.165) is 21.9 Å². The standard InChI is InChI=1S/C28H37N5O3S/c1-27(2,3)20-15-21(28(4,5)6)17-22(16-20)37(35,36)33-24-14-19-10-8-7-9-18(19)13-23(24)25(34)31-11-12-32-26(29)30/h7-10,13-17,33H,11-12H2,1-6H3,(H,31,34)(H4,29,30,32). The molecule has 37 heavy (non-hydrogen) atoms. The van der Waals surface area contributed by atoms with Crippen LogP contribution in [0.5, 0.6) is 0 Å². The second-order valence-corrected chi connectivity index (χ2v) is 12.8. The van der Waals surface area contributed by atoms with Gasteiger partial charge in [0.15, 0.2) is 5.96 Å². The maximum atomic E-state index is 13.7. The Hall–Kier alpha value is -3.59. The van der Waals surface area contributed by atoms with Gasteiger partial charge in [-0.25, -0.2) is 8.42 Å². The first-order chi connectivity index (χ1) is 17.1. The van der Waals surface area contributed by atoms with Crippen molar-refractivity contribution >= 4 is 38.3 Å². The van der Waals surface area contributed by atoms with E-state index in [2.05, 4.69) is 21.1 Å². The van der Waals surface area contributed by atoms with Gasteiger partial charge in [0.1, 0.15) is 0 Å². The molecule has 0 aliphatic carbocycles. The third-order valence-corrected chi connectivity index (χ3v) is 7.36. The number of carbonyl (C=O) groups excluding carboxylic acids is 1. The van der Waals surface area contributed by atoms with E-state index in [1.807, 2.05) is 65.8 Å². The van der Waals surface area contributed by atoms with Gasteiger partial charge in [0.25, 0.3) is 15.9 Å². The molecule has 0 bridgehead atoms. The molecular weight excluding hydrogens is 486 g/mol. The van der Waals surface area contributed by atoms with Crippen molar-refractivity contribution in [3.05, 3.63) is 71.3 Å². The molecule has 3 aromatic rings. The molecule has 198 valence electrons. The number of benzene rings is 3. The lowest BCUT2D eigenvalue weighted by atomic mass is 9.81. The fourth-order valence-electron chi connectivity index (χ4n) is 3.79. The van der Waals surface area contributed by atoms with Crippen molar-refractivity contribution in [2.45, 2.75) is 57.3 Å². The Kier molecular flexibility index (Phi) is 7.88. The summed E-state index contributed by atoms with van der Waals surface area (Å²) < 4.78 is 30.1. The van der Waals surface area contributed by atoms with E-state index < -0.39 is 15.9 Å². The van der Waals surface area contributed by atoms with E-state index in [1.165, 1.54) is 0 Å². The van der Waals surface area contributed by atoms with Crippen molar-refractivity contribution in [2.75, 3.05) is 17.8 Å². The van der Waals surface area contributed by atoms with E-state index >= 15 is 0 Å². The maximum absolute atomic E-state index is 13.7. The van der Waals surface area contributed by atoms with E-state index in [-0.39, 0.29) is 46.0 Å². The molecule has 6 N–H and O–H groups in total. The fourth-order valence-corrected chi connectivity index (χ4v) is 4.93. The van der Waals surface area contributed by atoms with Gasteiger partial charge in [-0.05, 0) is 57.0 Å². The van der Waals surface area contributed by atoms with Gasteiger partial charge in [-0.3, -0.25) is 14.5 Å². The van der Waals surface area contributed by atoms with Gasteiger partial charge in [-0.15, -0.1) is 0 Å². The van der Waals surface area contributed by atoms with E-state index in [1.54, 1.807) is 24.3 Å². The van der Waals surface area contributed by atoms with Crippen LogP contribution in [0, 0.1) is 0 Å². The van der Waals surface area contributed by atoms with Crippen molar-refractivity contribution in [3.63, 3.8) is 0 Å². The number of hydrogen-bond donors (Lipinski definition) is 4. The highest BCUT2D eigenvalue weighted by Gasteiger charge is 2.26. The summed E-state index contributed by atoms with van der Waals surface area (Å²) in [4.78, 5) is 17.1. The molecule has 0 heterocycles. The van der Waals surface area contributed by atoms with Gasteiger partial charge in [0.2, 0.25) is 0 Å². The van der Waals surface area contributed by atoms with Crippen LogP contribution in [0.3, 0.4) is 0 Å². The van der Waals surface area contributed by atoms with Gasteiger partial charge < -0.3 is 16.8 Å². The van der Waals surface area contributed by atoms with Crippen LogP contribution in [-0.2, 0) is 20.9 Å². The van der Waals surface area contributed by atoms with Crippen molar-refractivity contribution < 1.29 is 13.2 Å². The summed E-state index contributed by atoms with van der Waals surface area (Å²) in [6, 6.07) is 16.3. The summed E-state index contributed by atoms with van der Waals surface area (Å²) in [7, 11) is -4.02. The third kappa shape index (κ3) is 7.01. The van der Waals surface area contributed by atoms with Crippen LogP contribution < -0.4 is 21.5 Å². The van der Waals surface area contributed by atoms with Gasteiger partial charge >= 0.3 is 0 Å². The number of nitrogens with zero attached hydrogens (tertiary/aromatic N) is 1. The van der Waals surface area contributed by atoms with Crippen LogP contribution in [0.1, 0.15) is 63.0 Å². The summed E-state index contributed by atoms with van der Waals surface area (Å²) in [5, 5.41) is 4.36. The van der Waals surface area contributed by atoms with Crippen LogP contribution in [0.2, 0.25) is 0 Å². The lowest BCUT2D eigenvalue weighted by molar-refractivity contribution is 0.0956. The van der Waals surface area contributed by atoms with Crippen molar-refractivity contribution in [3.8, 4) is 0 Å².